The molecule has 2 aromatic heterocycles. The topological polar surface area (TPSA) is 122 Å². The van der Waals surface area contributed by atoms with Crippen molar-refractivity contribution in [2.75, 3.05) is 37.2 Å². The van der Waals surface area contributed by atoms with Gasteiger partial charge in [0.2, 0.25) is 15.9 Å². The van der Waals surface area contributed by atoms with Gasteiger partial charge in [-0.15, -0.1) is 0 Å². The average molecular weight is 469 g/mol. The largest absolute Gasteiger partial charge is 0.346 e. The van der Waals surface area contributed by atoms with Gasteiger partial charge in [0.05, 0.1) is 23.8 Å². The fraction of sp³-hybridized carbons (Fsp3) is 0.522. The summed E-state index contributed by atoms with van der Waals surface area (Å²) in [5.74, 6) is 0.763. The molecule has 174 valence electrons. The van der Waals surface area contributed by atoms with E-state index in [-0.39, 0.29) is 17.6 Å². The van der Waals surface area contributed by atoms with Gasteiger partial charge in [-0.25, -0.2) is 13.4 Å². The monoisotopic (exact) mass is 468 g/mol. The molecule has 2 fully saturated rings. The first-order valence-electron chi connectivity index (χ1n) is 11.4. The summed E-state index contributed by atoms with van der Waals surface area (Å²) in [4.78, 5) is 22.2. The molecule has 10 heteroatoms. The number of hydrogen-bond donors (Lipinski definition) is 2. The van der Waals surface area contributed by atoms with E-state index in [9.17, 15) is 18.5 Å². The maximum Gasteiger partial charge on any atom is 0.228 e. The number of carbonyl (C=O) groups excluding carboxylic acids is 1. The second-order valence-corrected chi connectivity index (χ2v) is 11.5. The quantitative estimate of drug-likeness (QED) is 0.643. The number of H-pyrrole nitrogens is 1. The molecule has 0 unspecified atom stereocenters. The van der Waals surface area contributed by atoms with Crippen LogP contribution in [-0.4, -0.2) is 71.0 Å². The number of nitrogens with zero attached hydrogens (tertiary/aromatic N) is 4. The van der Waals surface area contributed by atoms with Crippen LogP contribution in [0.1, 0.15) is 38.2 Å². The predicted octanol–water partition coefficient (Wildman–Crippen LogP) is 2.32. The average Bonchev–Trinajstić information content (AvgIpc) is 3.53. The Labute approximate surface area is 193 Å². The van der Waals surface area contributed by atoms with E-state index in [0.29, 0.717) is 31.9 Å². The van der Waals surface area contributed by atoms with Gasteiger partial charge < -0.3 is 10.3 Å². The Kier molecular flexibility index (Phi) is 5.51. The van der Waals surface area contributed by atoms with Crippen molar-refractivity contribution < 1.29 is 13.2 Å². The van der Waals surface area contributed by atoms with Crippen molar-refractivity contribution in [2.45, 2.75) is 38.1 Å². The Bertz CT molecular complexity index is 1260. The molecule has 1 amide bonds. The first-order valence-corrected chi connectivity index (χ1v) is 13.0. The number of sulfonamides is 1. The van der Waals surface area contributed by atoms with Crippen molar-refractivity contribution in [3.63, 3.8) is 0 Å². The number of fused-ring (bicyclic) bond motifs is 1. The lowest BCUT2D eigenvalue weighted by Gasteiger charge is -2.54. The lowest BCUT2D eigenvalue weighted by atomic mass is 9.84. The van der Waals surface area contributed by atoms with Crippen LogP contribution in [0.3, 0.4) is 0 Å². The number of pyridine rings is 1. The summed E-state index contributed by atoms with van der Waals surface area (Å²) in [6.07, 6.45) is 6.96. The van der Waals surface area contributed by atoms with Crippen molar-refractivity contribution in [1.82, 2.24) is 19.2 Å². The Morgan fingerprint density at radius 3 is 2.82 bits per heavy atom. The zero-order chi connectivity index (χ0) is 23.2. The second kappa shape index (κ2) is 8.24. The van der Waals surface area contributed by atoms with Crippen molar-refractivity contribution in [1.29, 1.82) is 5.26 Å². The van der Waals surface area contributed by atoms with Crippen molar-refractivity contribution >= 4 is 38.4 Å². The molecule has 1 aliphatic carbocycles. The van der Waals surface area contributed by atoms with Crippen LogP contribution in [0.15, 0.2) is 24.4 Å². The third kappa shape index (κ3) is 4.05. The maximum absolute atomic E-state index is 12.3. The molecule has 2 N–H and O–H groups in total. The number of amides is 1. The number of nitriles is 1. The fourth-order valence-corrected chi connectivity index (χ4v) is 6.09. The third-order valence-electron chi connectivity index (χ3n) is 7.06. The van der Waals surface area contributed by atoms with Gasteiger partial charge in [0.15, 0.2) is 0 Å². The van der Waals surface area contributed by atoms with E-state index in [1.165, 1.54) is 9.88 Å². The molecule has 2 aliphatic heterocycles. The van der Waals surface area contributed by atoms with Crippen molar-refractivity contribution in [3.05, 3.63) is 30.0 Å². The molecule has 1 saturated carbocycles. The first kappa shape index (κ1) is 22.1. The van der Waals surface area contributed by atoms with Gasteiger partial charge in [0.1, 0.15) is 11.5 Å². The van der Waals surface area contributed by atoms with E-state index >= 15 is 0 Å². The highest BCUT2D eigenvalue weighted by atomic mass is 32.2. The number of aromatic amines is 1. The van der Waals surface area contributed by atoms with Crippen LogP contribution in [0.4, 0.5) is 5.82 Å². The highest BCUT2D eigenvalue weighted by Crippen LogP contribution is 2.38. The Balaban J connectivity index is 1.37. The summed E-state index contributed by atoms with van der Waals surface area (Å²) < 4.78 is 25.9. The van der Waals surface area contributed by atoms with Crippen molar-refractivity contribution in [2.24, 2.45) is 5.92 Å². The first-order chi connectivity index (χ1) is 15.8. The van der Waals surface area contributed by atoms with E-state index in [4.69, 9.17) is 0 Å². The number of aromatic nitrogens is 2. The van der Waals surface area contributed by atoms with Gasteiger partial charge in [-0.2, -0.15) is 9.57 Å². The van der Waals surface area contributed by atoms with Gasteiger partial charge in [-0.3, -0.25) is 9.69 Å². The molecule has 4 heterocycles. The van der Waals surface area contributed by atoms with E-state index in [1.807, 2.05) is 18.3 Å². The Morgan fingerprint density at radius 1 is 1.39 bits per heavy atom. The highest BCUT2D eigenvalue weighted by Gasteiger charge is 2.51. The van der Waals surface area contributed by atoms with Crippen LogP contribution in [0.2, 0.25) is 0 Å². The molecule has 3 aliphatic rings. The van der Waals surface area contributed by atoms with Gasteiger partial charge >= 0.3 is 0 Å². The minimum Gasteiger partial charge on any atom is -0.346 e. The fourth-order valence-electron chi connectivity index (χ4n) is 4.85. The number of rotatable bonds is 7. The number of nitrogens with one attached hydrogen (secondary N) is 2. The molecule has 5 rings (SSSR count). The standard InChI is InChI=1S/C23H28N6O3S/c1-2-33(31,32)29-14-23(15-29,8-9-24)28-11-6-16(7-12-28)19-13-20(27-22(30)17-3-4-17)26-21-18(19)5-10-25-21/h5-6,10,13,17H,2-4,7-8,11-12,14-15H2,1H3,(H2,25,26,27,30). The van der Waals surface area contributed by atoms with Crippen LogP contribution in [-0.2, 0) is 14.8 Å². The summed E-state index contributed by atoms with van der Waals surface area (Å²) in [7, 11) is -3.24. The molecule has 33 heavy (non-hydrogen) atoms. The normalized spacial score (nSPS) is 21.3. The van der Waals surface area contributed by atoms with E-state index < -0.39 is 15.6 Å². The van der Waals surface area contributed by atoms with Gasteiger partial charge in [0.25, 0.3) is 0 Å². The maximum atomic E-state index is 12.3. The molecule has 2 aromatic rings. The SMILES string of the molecule is CCS(=O)(=O)N1CC(CC#N)(N2CC=C(c3cc(NC(=O)C4CC4)nc4[nH]ccc34)CC2)C1. The molecule has 9 nitrogen and oxygen atoms in total. The van der Waals surface area contributed by atoms with E-state index in [1.54, 1.807) is 6.92 Å². The minimum atomic E-state index is -3.24. The van der Waals surface area contributed by atoms with Crippen LogP contribution >= 0.6 is 0 Å². The van der Waals surface area contributed by atoms with Crippen LogP contribution < -0.4 is 5.32 Å². The van der Waals surface area contributed by atoms with Crippen molar-refractivity contribution in [3.8, 4) is 6.07 Å². The molecule has 0 aromatic carbocycles. The molecule has 1 saturated heterocycles. The zero-order valence-corrected chi connectivity index (χ0v) is 19.5. The Hall–Kier alpha value is -2.74. The lowest BCUT2D eigenvalue weighted by molar-refractivity contribution is -0.117. The lowest BCUT2D eigenvalue weighted by Crippen LogP contribution is -2.71. The zero-order valence-electron chi connectivity index (χ0n) is 18.7. The summed E-state index contributed by atoms with van der Waals surface area (Å²) in [5, 5.41) is 13.4. The number of anilines is 1. The van der Waals surface area contributed by atoms with Crippen LogP contribution in [0, 0.1) is 17.2 Å². The summed E-state index contributed by atoms with van der Waals surface area (Å²) >= 11 is 0. The minimum absolute atomic E-state index is 0.0261. The summed E-state index contributed by atoms with van der Waals surface area (Å²) in [5.41, 5.74) is 2.53. The number of carbonyl (C=O) groups is 1. The predicted molar refractivity (Wildman–Crippen MR) is 126 cm³/mol. The van der Waals surface area contributed by atoms with E-state index in [0.717, 1.165) is 42.4 Å². The van der Waals surface area contributed by atoms with Crippen LogP contribution in [0.5, 0.6) is 0 Å². The summed E-state index contributed by atoms with van der Waals surface area (Å²) in [6.45, 7) is 3.77. The molecule has 0 bridgehead atoms. The van der Waals surface area contributed by atoms with Gasteiger partial charge in [-0.1, -0.05) is 6.08 Å². The number of hydrogen-bond acceptors (Lipinski definition) is 6. The second-order valence-electron chi connectivity index (χ2n) is 9.21. The molecular weight excluding hydrogens is 440 g/mol. The summed E-state index contributed by atoms with van der Waals surface area (Å²) in [6, 6.07) is 6.21. The van der Waals surface area contributed by atoms with E-state index in [2.05, 4.69) is 32.3 Å². The molecule has 0 radical (unpaired) electrons. The Morgan fingerprint density at radius 2 is 2.18 bits per heavy atom. The smallest absolute Gasteiger partial charge is 0.228 e. The van der Waals surface area contributed by atoms with Gasteiger partial charge in [0, 0.05) is 43.7 Å². The molecular formula is C23H28N6O3S. The molecule has 0 spiro atoms. The third-order valence-corrected chi connectivity index (χ3v) is 8.84. The molecule has 0 atom stereocenters. The van der Waals surface area contributed by atoms with Crippen LogP contribution in [0.25, 0.3) is 16.6 Å². The highest BCUT2D eigenvalue weighted by molar-refractivity contribution is 7.89. The van der Waals surface area contributed by atoms with Gasteiger partial charge in [-0.05, 0) is 49.5 Å².